The van der Waals surface area contributed by atoms with Crippen molar-refractivity contribution in [2.45, 2.75) is 10.8 Å². The van der Waals surface area contributed by atoms with Gasteiger partial charge in [0.2, 0.25) is 0 Å². The fourth-order valence-corrected chi connectivity index (χ4v) is 11.8. The van der Waals surface area contributed by atoms with Crippen LogP contribution in [-0.2, 0) is 10.8 Å². The third-order valence-electron chi connectivity index (χ3n) is 14.4. The molecule has 0 heterocycles. The average molecular weight is 826 g/mol. The molecule has 1 nitrogen and oxygen atoms in total. The highest BCUT2D eigenvalue weighted by atomic mass is 15.1. The predicted octanol–water partition coefficient (Wildman–Crippen LogP) is 16.2. The fraction of sp³-hybridized carbons (Fsp3) is 0.0312. The molecule has 0 amide bonds. The zero-order valence-corrected chi connectivity index (χ0v) is 35.8. The number of fused-ring (bicyclic) bond motifs is 9. The Labute approximate surface area is 380 Å². The van der Waals surface area contributed by atoms with Crippen LogP contribution in [0.4, 0.5) is 17.1 Å². The lowest BCUT2D eigenvalue weighted by atomic mass is 9.67. The summed E-state index contributed by atoms with van der Waals surface area (Å²) < 4.78 is 0. The van der Waals surface area contributed by atoms with E-state index < -0.39 is 10.8 Å². The Kier molecular flexibility index (Phi) is 8.41. The summed E-state index contributed by atoms with van der Waals surface area (Å²) in [6.07, 6.45) is 0. The summed E-state index contributed by atoms with van der Waals surface area (Å²) in [6.45, 7) is 0. The molecule has 304 valence electrons. The average Bonchev–Trinajstić information content (AvgIpc) is 3.85. The lowest BCUT2D eigenvalue weighted by Gasteiger charge is -2.35. The molecule has 1 heteroatoms. The highest BCUT2D eigenvalue weighted by Crippen LogP contribution is 2.60. The van der Waals surface area contributed by atoms with Crippen LogP contribution in [0.2, 0.25) is 0 Å². The Hall–Kier alpha value is -8.26. The SMILES string of the molecule is c1ccc(C2(c3ccccc3)c3ccccc3-c3cc(N(c4ccc5c(c4)C(c4ccccc4)(c4ccccc4)c4ccccc4-5)c4cc5ccccc5c5ccccc45)ccc32)cc1. The van der Waals surface area contributed by atoms with Gasteiger partial charge in [-0.3, -0.25) is 0 Å². The van der Waals surface area contributed by atoms with Crippen LogP contribution in [0.1, 0.15) is 44.5 Å². The number of rotatable bonds is 7. The van der Waals surface area contributed by atoms with E-state index in [1.54, 1.807) is 0 Å². The van der Waals surface area contributed by atoms with E-state index in [4.69, 9.17) is 0 Å². The van der Waals surface area contributed by atoms with Crippen LogP contribution in [0.5, 0.6) is 0 Å². The van der Waals surface area contributed by atoms with Gasteiger partial charge in [-0.1, -0.05) is 231 Å². The van der Waals surface area contributed by atoms with Crippen molar-refractivity contribution >= 4 is 38.6 Å². The van der Waals surface area contributed by atoms with Gasteiger partial charge in [0, 0.05) is 16.8 Å². The second-order valence-corrected chi connectivity index (χ2v) is 17.5. The minimum absolute atomic E-state index is 0.488. The van der Waals surface area contributed by atoms with E-state index in [1.807, 2.05) is 0 Å². The maximum Gasteiger partial charge on any atom is 0.0714 e. The van der Waals surface area contributed by atoms with Crippen molar-refractivity contribution in [3.8, 4) is 22.3 Å². The molecule has 0 radical (unpaired) electrons. The quantitative estimate of drug-likeness (QED) is 0.145. The van der Waals surface area contributed by atoms with Gasteiger partial charge < -0.3 is 4.90 Å². The predicted molar refractivity (Wildman–Crippen MR) is 271 cm³/mol. The first kappa shape index (κ1) is 37.3. The number of nitrogens with zero attached hydrogens (tertiary/aromatic N) is 1. The Bertz CT molecular complexity index is 3510. The number of benzene rings is 11. The minimum Gasteiger partial charge on any atom is -0.310 e. The summed E-state index contributed by atoms with van der Waals surface area (Å²) in [4.78, 5) is 2.53. The summed E-state index contributed by atoms with van der Waals surface area (Å²) in [7, 11) is 0. The zero-order valence-electron chi connectivity index (χ0n) is 35.8. The second-order valence-electron chi connectivity index (χ2n) is 17.5. The van der Waals surface area contributed by atoms with Crippen LogP contribution in [0.15, 0.2) is 261 Å². The van der Waals surface area contributed by atoms with E-state index in [2.05, 4.69) is 266 Å². The molecule has 0 unspecified atom stereocenters. The number of hydrogen-bond acceptors (Lipinski definition) is 1. The van der Waals surface area contributed by atoms with Crippen molar-refractivity contribution in [3.63, 3.8) is 0 Å². The standard InChI is InChI=1S/C64H43N/c1-5-22-45(23-6-1)63(46-24-7-2-8-25-46)59-36-20-18-33-54(59)57-42-49(38-40-60(57)63)65(62-41-44-21-13-14-30-51(44)52-31-15-16-34-56(52)62)50-37-39-55-53-32-17-19-35-58(53)64(61(55)43-50,47-26-9-3-10-27-47)48-28-11-4-12-29-48/h1-43H. The van der Waals surface area contributed by atoms with Gasteiger partial charge in [0.25, 0.3) is 0 Å². The van der Waals surface area contributed by atoms with E-state index in [9.17, 15) is 0 Å². The Morgan fingerprint density at radius 2 is 0.646 bits per heavy atom. The molecule has 0 aliphatic heterocycles. The third-order valence-corrected chi connectivity index (χ3v) is 14.4. The van der Waals surface area contributed by atoms with Gasteiger partial charge in [-0.2, -0.15) is 0 Å². The van der Waals surface area contributed by atoms with Gasteiger partial charge in [-0.05, 0) is 113 Å². The van der Waals surface area contributed by atoms with E-state index in [0.29, 0.717) is 0 Å². The minimum atomic E-state index is -0.538. The lowest BCUT2D eigenvalue weighted by Crippen LogP contribution is -2.29. The summed E-state index contributed by atoms with van der Waals surface area (Å²) >= 11 is 0. The second kappa shape index (κ2) is 14.7. The molecule has 65 heavy (non-hydrogen) atoms. The fourth-order valence-electron chi connectivity index (χ4n) is 11.8. The van der Waals surface area contributed by atoms with Gasteiger partial charge in [-0.25, -0.2) is 0 Å². The molecule has 11 aromatic rings. The topological polar surface area (TPSA) is 3.24 Å². The Morgan fingerprint density at radius 3 is 1.23 bits per heavy atom. The summed E-state index contributed by atoms with van der Waals surface area (Å²) in [5, 5.41) is 4.90. The highest BCUT2D eigenvalue weighted by Gasteiger charge is 2.48. The van der Waals surface area contributed by atoms with Crippen molar-refractivity contribution in [2.24, 2.45) is 0 Å². The molecule has 0 spiro atoms. The summed E-state index contributed by atoms with van der Waals surface area (Å²) in [5.74, 6) is 0. The molecule has 2 aliphatic rings. The van der Waals surface area contributed by atoms with Crippen molar-refractivity contribution in [1.82, 2.24) is 0 Å². The molecule has 0 fully saturated rings. The van der Waals surface area contributed by atoms with Crippen molar-refractivity contribution in [1.29, 1.82) is 0 Å². The molecule has 2 aliphatic carbocycles. The molecule has 0 atom stereocenters. The van der Waals surface area contributed by atoms with Crippen LogP contribution >= 0.6 is 0 Å². The van der Waals surface area contributed by atoms with Gasteiger partial charge in [0.15, 0.2) is 0 Å². The van der Waals surface area contributed by atoms with E-state index in [1.165, 1.54) is 88.3 Å². The van der Waals surface area contributed by atoms with Gasteiger partial charge in [0.1, 0.15) is 0 Å². The summed E-state index contributed by atoms with van der Waals surface area (Å²) in [5.41, 5.74) is 17.6. The Morgan fingerprint density at radius 1 is 0.246 bits per heavy atom. The molecule has 0 N–H and O–H groups in total. The molecule has 0 saturated carbocycles. The molecule has 11 aromatic carbocycles. The van der Waals surface area contributed by atoms with Crippen LogP contribution in [0.3, 0.4) is 0 Å². The van der Waals surface area contributed by atoms with E-state index in [0.717, 1.165) is 17.1 Å². The molecule has 0 saturated heterocycles. The monoisotopic (exact) mass is 825 g/mol. The first-order valence-corrected chi connectivity index (χ1v) is 22.7. The smallest absolute Gasteiger partial charge is 0.0714 e. The molecule has 0 bridgehead atoms. The van der Waals surface area contributed by atoms with Crippen molar-refractivity contribution in [3.05, 3.63) is 305 Å². The Balaban J connectivity index is 1.12. The van der Waals surface area contributed by atoms with Gasteiger partial charge >= 0.3 is 0 Å². The summed E-state index contributed by atoms with van der Waals surface area (Å²) in [6, 6.07) is 97.1. The van der Waals surface area contributed by atoms with E-state index in [-0.39, 0.29) is 0 Å². The molecular formula is C64H43N. The maximum atomic E-state index is 2.53. The molecule has 13 rings (SSSR count). The van der Waals surface area contributed by atoms with E-state index >= 15 is 0 Å². The van der Waals surface area contributed by atoms with Crippen molar-refractivity contribution < 1.29 is 0 Å². The molecular weight excluding hydrogens is 783 g/mol. The lowest BCUT2D eigenvalue weighted by molar-refractivity contribution is 0.768. The van der Waals surface area contributed by atoms with Crippen molar-refractivity contribution in [2.75, 3.05) is 4.90 Å². The van der Waals surface area contributed by atoms with Crippen LogP contribution in [0.25, 0.3) is 43.8 Å². The van der Waals surface area contributed by atoms with Gasteiger partial charge in [-0.15, -0.1) is 0 Å². The molecule has 0 aromatic heterocycles. The first-order chi connectivity index (χ1) is 32.3. The first-order valence-electron chi connectivity index (χ1n) is 22.7. The number of hydrogen-bond donors (Lipinski definition) is 0. The van der Waals surface area contributed by atoms with Gasteiger partial charge in [0.05, 0.1) is 16.5 Å². The normalized spacial score (nSPS) is 13.8. The largest absolute Gasteiger partial charge is 0.310 e. The zero-order chi connectivity index (χ0) is 43.0. The highest BCUT2D eigenvalue weighted by molar-refractivity contribution is 6.15. The van der Waals surface area contributed by atoms with Crippen LogP contribution in [0, 0.1) is 0 Å². The van der Waals surface area contributed by atoms with Crippen LogP contribution < -0.4 is 4.90 Å². The maximum absolute atomic E-state index is 2.53. The van der Waals surface area contributed by atoms with Crippen LogP contribution in [-0.4, -0.2) is 0 Å². The third kappa shape index (κ3) is 5.33. The number of anilines is 3.